The summed E-state index contributed by atoms with van der Waals surface area (Å²) in [5.41, 5.74) is 3.12. The normalized spacial score (nSPS) is 11.2. The molecule has 0 atom stereocenters. The second kappa shape index (κ2) is 5.10. The molecule has 23 heavy (non-hydrogen) atoms. The number of hydrogen-bond donors (Lipinski definition) is 1. The number of halogens is 1. The second-order valence-corrected chi connectivity index (χ2v) is 5.64. The Balaban J connectivity index is 1.92. The summed E-state index contributed by atoms with van der Waals surface area (Å²) in [7, 11) is 1.80. The smallest absolute Gasteiger partial charge is 0.282 e. The van der Waals surface area contributed by atoms with Gasteiger partial charge in [0.25, 0.3) is 5.56 Å². The maximum atomic E-state index is 12.7. The Hall–Kier alpha value is -2.86. The van der Waals surface area contributed by atoms with Crippen molar-refractivity contribution < 1.29 is 0 Å². The lowest BCUT2D eigenvalue weighted by atomic mass is 10.1. The number of fused-ring (bicyclic) bond motifs is 1. The SMILES string of the molecule is Cn1ccc(-c2cnc3c(-c4cccc(Cl)c4)c[nH]n3c2=O)n1. The highest BCUT2D eigenvalue weighted by atomic mass is 35.5. The van der Waals surface area contributed by atoms with Crippen molar-refractivity contribution in [2.45, 2.75) is 0 Å². The van der Waals surface area contributed by atoms with Gasteiger partial charge in [-0.1, -0.05) is 23.7 Å². The zero-order valence-corrected chi connectivity index (χ0v) is 12.9. The number of aromatic nitrogens is 5. The van der Waals surface area contributed by atoms with Gasteiger partial charge in [-0.05, 0) is 23.8 Å². The van der Waals surface area contributed by atoms with E-state index in [-0.39, 0.29) is 5.56 Å². The van der Waals surface area contributed by atoms with Gasteiger partial charge in [0.05, 0.1) is 11.3 Å². The summed E-state index contributed by atoms with van der Waals surface area (Å²) in [6, 6.07) is 9.21. The Kier molecular flexibility index (Phi) is 3.06. The minimum atomic E-state index is -0.193. The van der Waals surface area contributed by atoms with E-state index in [0.29, 0.717) is 21.9 Å². The molecular weight excluding hydrogens is 314 g/mol. The lowest BCUT2D eigenvalue weighted by Crippen LogP contribution is -2.17. The highest BCUT2D eigenvalue weighted by Gasteiger charge is 2.14. The monoisotopic (exact) mass is 325 g/mol. The molecule has 0 bridgehead atoms. The van der Waals surface area contributed by atoms with Crippen molar-refractivity contribution in [3.63, 3.8) is 0 Å². The summed E-state index contributed by atoms with van der Waals surface area (Å²) in [4.78, 5) is 17.1. The molecule has 0 aliphatic heterocycles. The Morgan fingerprint density at radius 1 is 1.22 bits per heavy atom. The van der Waals surface area contributed by atoms with E-state index in [2.05, 4.69) is 15.2 Å². The zero-order chi connectivity index (χ0) is 16.0. The molecule has 3 aromatic heterocycles. The number of rotatable bonds is 2. The summed E-state index contributed by atoms with van der Waals surface area (Å²) >= 11 is 6.04. The van der Waals surface area contributed by atoms with Crippen LogP contribution < -0.4 is 5.56 Å². The molecule has 1 N–H and O–H groups in total. The molecule has 0 spiro atoms. The molecule has 114 valence electrons. The van der Waals surface area contributed by atoms with Crippen LogP contribution in [0.15, 0.2) is 53.7 Å². The third-order valence-corrected chi connectivity index (χ3v) is 3.90. The summed E-state index contributed by atoms with van der Waals surface area (Å²) in [5, 5.41) is 7.85. The third kappa shape index (κ3) is 2.24. The quantitative estimate of drug-likeness (QED) is 0.616. The summed E-state index contributed by atoms with van der Waals surface area (Å²) in [6.07, 6.45) is 5.09. The number of nitrogens with zero attached hydrogens (tertiary/aromatic N) is 4. The molecule has 0 saturated heterocycles. The number of H-pyrrole nitrogens is 1. The van der Waals surface area contributed by atoms with Crippen molar-refractivity contribution in [2.75, 3.05) is 0 Å². The highest BCUT2D eigenvalue weighted by Crippen LogP contribution is 2.25. The van der Waals surface area contributed by atoms with E-state index in [0.717, 1.165) is 11.1 Å². The number of nitrogens with one attached hydrogen (secondary N) is 1. The first-order valence-electron chi connectivity index (χ1n) is 6.98. The van der Waals surface area contributed by atoms with E-state index in [1.165, 1.54) is 4.52 Å². The summed E-state index contributed by atoms with van der Waals surface area (Å²) in [5.74, 6) is 0. The van der Waals surface area contributed by atoms with Crippen molar-refractivity contribution >= 4 is 17.2 Å². The first kappa shape index (κ1) is 13.8. The number of aryl methyl sites for hydroxylation is 1. The van der Waals surface area contributed by atoms with Crippen molar-refractivity contribution in [1.82, 2.24) is 24.4 Å². The van der Waals surface area contributed by atoms with Crippen LogP contribution in [0.2, 0.25) is 5.02 Å². The van der Waals surface area contributed by atoms with Gasteiger partial charge < -0.3 is 0 Å². The van der Waals surface area contributed by atoms with Gasteiger partial charge in [0, 0.05) is 36.2 Å². The first-order valence-corrected chi connectivity index (χ1v) is 7.36. The van der Waals surface area contributed by atoms with Crippen LogP contribution >= 0.6 is 11.6 Å². The maximum absolute atomic E-state index is 12.7. The number of benzene rings is 1. The van der Waals surface area contributed by atoms with E-state index in [4.69, 9.17) is 11.6 Å². The largest absolute Gasteiger partial charge is 0.296 e. The van der Waals surface area contributed by atoms with Gasteiger partial charge in [-0.25, -0.2) is 9.50 Å². The van der Waals surface area contributed by atoms with Crippen LogP contribution in [0.3, 0.4) is 0 Å². The van der Waals surface area contributed by atoms with Crippen molar-refractivity contribution in [3.8, 4) is 22.4 Å². The number of hydrogen-bond acceptors (Lipinski definition) is 3. The summed E-state index contributed by atoms with van der Waals surface area (Å²) < 4.78 is 3.07. The van der Waals surface area contributed by atoms with Crippen LogP contribution in [-0.4, -0.2) is 24.4 Å². The molecule has 0 aliphatic rings. The van der Waals surface area contributed by atoms with Gasteiger partial charge >= 0.3 is 0 Å². The van der Waals surface area contributed by atoms with Gasteiger partial charge in [-0.2, -0.15) is 5.10 Å². The molecule has 0 amide bonds. The molecule has 7 heteroatoms. The zero-order valence-electron chi connectivity index (χ0n) is 12.2. The van der Waals surface area contributed by atoms with Crippen LogP contribution in [0.5, 0.6) is 0 Å². The van der Waals surface area contributed by atoms with Crippen LogP contribution in [-0.2, 0) is 7.05 Å². The molecular formula is C16H12ClN5O. The van der Waals surface area contributed by atoms with Crippen molar-refractivity contribution in [2.24, 2.45) is 7.05 Å². The number of aromatic amines is 1. The molecule has 0 unspecified atom stereocenters. The van der Waals surface area contributed by atoms with E-state index in [1.807, 2.05) is 18.2 Å². The molecule has 0 radical (unpaired) electrons. The van der Waals surface area contributed by atoms with E-state index < -0.39 is 0 Å². The average molecular weight is 326 g/mol. The maximum Gasteiger partial charge on any atom is 0.282 e. The Morgan fingerprint density at radius 3 is 2.83 bits per heavy atom. The lowest BCUT2D eigenvalue weighted by molar-refractivity contribution is 0.769. The fourth-order valence-corrected chi connectivity index (χ4v) is 2.75. The third-order valence-electron chi connectivity index (χ3n) is 3.67. The fourth-order valence-electron chi connectivity index (χ4n) is 2.56. The van der Waals surface area contributed by atoms with Crippen LogP contribution in [0.1, 0.15) is 0 Å². The summed E-state index contributed by atoms with van der Waals surface area (Å²) in [6.45, 7) is 0. The van der Waals surface area contributed by atoms with E-state index >= 15 is 0 Å². The molecule has 0 saturated carbocycles. The fraction of sp³-hybridized carbons (Fsp3) is 0.0625. The van der Waals surface area contributed by atoms with Gasteiger partial charge in [-0.15, -0.1) is 0 Å². The standard InChI is InChI=1S/C16H12ClN5O/c1-21-6-5-14(20-21)13-8-18-15-12(9-19-22(15)16(13)23)10-3-2-4-11(17)7-10/h2-9,19H,1H3. The van der Waals surface area contributed by atoms with Crippen molar-refractivity contribution in [1.29, 1.82) is 0 Å². The van der Waals surface area contributed by atoms with Crippen molar-refractivity contribution in [3.05, 3.63) is 64.3 Å². The Labute approximate surface area is 136 Å². The van der Waals surface area contributed by atoms with E-state index in [1.54, 1.807) is 42.5 Å². The highest BCUT2D eigenvalue weighted by molar-refractivity contribution is 6.30. The average Bonchev–Trinajstić information content (AvgIpc) is 3.14. The van der Waals surface area contributed by atoms with Gasteiger partial charge in [0.1, 0.15) is 0 Å². The molecule has 4 aromatic rings. The van der Waals surface area contributed by atoms with Gasteiger partial charge in [-0.3, -0.25) is 14.6 Å². The van der Waals surface area contributed by atoms with Crippen LogP contribution in [0.25, 0.3) is 28.0 Å². The Morgan fingerprint density at radius 2 is 2.09 bits per heavy atom. The van der Waals surface area contributed by atoms with Gasteiger partial charge in [0.15, 0.2) is 5.65 Å². The lowest BCUT2D eigenvalue weighted by Gasteiger charge is -2.01. The minimum absolute atomic E-state index is 0.193. The molecule has 1 aromatic carbocycles. The molecule has 3 heterocycles. The Bertz CT molecular complexity index is 1080. The topological polar surface area (TPSA) is 68.0 Å². The molecule has 6 nitrogen and oxygen atoms in total. The molecule has 0 aliphatic carbocycles. The van der Waals surface area contributed by atoms with E-state index in [9.17, 15) is 4.79 Å². The molecule has 4 rings (SSSR count). The predicted octanol–water partition coefficient (Wildman–Crippen LogP) is 2.74. The second-order valence-electron chi connectivity index (χ2n) is 5.21. The van der Waals surface area contributed by atoms with Crippen LogP contribution in [0, 0.1) is 0 Å². The van der Waals surface area contributed by atoms with Gasteiger partial charge in [0.2, 0.25) is 0 Å². The van der Waals surface area contributed by atoms with Crippen LogP contribution in [0.4, 0.5) is 0 Å². The predicted molar refractivity (Wildman–Crippen MR) is 88.5 cm³/mol. The minimum Gasteiger partial charge on any atom is -0.296 e. The first-order chi connectivity index (χ1) is 11.1. The molecule has 0 fully saturated rings.